The Hall–Kier alpha value is -0.380. The third kappa shape index (κ3) is 4.33. The third-order valence-electron chi connectivity index (χ3n) is 2.43. The second kappa shape index (κ2) is 6.99. The van der Waals surface area contributed by atoms with Gasteiger partial charge in [-0.1, -0.05) is 19.9 Å². The first-order valence-electron chi connectivity index (χ1n) is 5.53. The Kier molecular flexibility index (Phi) is 5.91. The van der Waals surface area contributed by atoms with E-state index in [2.05, 4.69) is 36.7 Å². The molecular formula is C12H21NOS. The van der Waals surface area contributed by atoms with Crippen molar-refractivity contribution in [2.45, 2.75) is 26.3 Å². The molecule has 15 heavy (non-hydrogen) atoms. The van der Waals surface area contributed by atoms with Gasteiger partial charge >= 0.3 is 0 Å². The van der Waals surface area contributed by atoms with Crippen LogP contribution in [0.1, 0.15) is 31.2 Å². The molecule has 1 aromatic rings. The molecule has 1 aromatic heterocycles. The van der Waals surface area contributed by atoms with Crippen molar-refractivity contribution in [3.63, 3.8) is 0 Å². The third-order valence-corrected chi connectivity index (χ3v) is 3.41. The lowest BCUT2D eigenvalue weighted by Crippen LogP contribution is -2.23. The van der Waals surface area contributed by atoms with Crippen LogP contribution in [0.15, 0.2) is 17.5 Å². The molecule has 3 heteroatoms. The molecule has 2 nitrogen and oxygen atoms in total. The van der Waals surface area contributed by atoms with Crippen LogP contribution < -0.4 is 5.32 Å². The molecule has 0 aliphatic rings. The molecule has 0 aliphatic carbocycles. The van der Waals surface area contributed by atoms with Crippen LogP contribution in [0.5, 0.6) is 0 Å². The lowest BCUT2D eigenvalue weighted by molar-refractivity contribution is 0.149. The van der Waals surface area contributed by atoms with Crippen LogP contribution >= 0.6 is 11.3 Å². The molecule has 1 heterocycles. The highest BCUT2D eigenvalue weighted by Gasteiger charge is 2.14. The minimum Gasteiger partial charge on any atom is -0.384 e. The average molecular weight is 227 g/mol. The first kappa shape index (κ1) is 12.7. The summed E-state index contributed by atoms with van der Waals surface area (Å²) in [6.07, 6.45) is 1.14. The fraction of sp³-hybridized carbons (Fsp3) is 0.667. The van der Waals surface area contributed by atoms with Crippen LogP contribution in [-0.2, 0) is 4.74 Å². The number of nitrogens with one attached hydrogen (secondary N) is 1. The maximum Gasteiger partial charge on any atom is 0.0488 e. The number of methoxy groups -OCH3 is 1. The predicted molar refractivity (Wildman–Crippen MR) is 66.4 cm³/mol. The summed E-state index contributed by atoms with van der Waals surface area (Å²) in [7, 11) is 1.77. The summed E-state index contributed by atoms with van der Waals surface area (Å²) >= 11 is 1.83. The molecule has 0 saturated heterocycles. The maximum atomic E-state index is 5.18. The Morgan fingerprint density at radius 2 is 2.33 bits per heavy atom. The van der Waals surface area contributed by atoms with Gasteiger partial charge in [0.15, 0.2) is 0 Å². The molecule has 86 valence electrons. The van der Waals surface area contributed by atoms with Crippen molar-refractivity contribution in [1.29, 1.82) is 0 Å². The lowest BCUT2D eigenvalue weighted by Gasteiger charge is -2.20. The van der Waals surface area contributed by atoms with Gasteiger partial charge in [0.05, 0.1) is 0 Å². The quantitative estimate of drug-likeness (QED) is 0.773. The van der Waals surface area contributed by atoms with Gasteiger partial charge < -0.3 is 10.1 Å². The SMILES string of the molecule is CCNC(CC(C)COC)c1cccs1. The predicted octanol–water partition coefficient (Wildman–Crippen LogP) is 3.07. The second-order valence-electron chi connectivity index (χ2n) is 3.92. The molecule has 0 aromatic carbocycles. The molecule has 1 N–H and O–H groups in total. The van der Waals surface area contributed by atoms with Crippen molar-refractivity contribution in [3.05, 3.63) is 22.4 Å². The maximum absolute atomic E-state index is 5.18. The van der Waals surface area contributed by atoms with Crippen LogP contribution in [-0.4, -0.2) is 20.3 Å². The van der Waals surface area contributed by atoms with E-state index in [0.717, 1.165) is 19.6 Å². The Morgan fingerprint density at radius 1 is 1.53 bits per heavy atom. The first-order chi connectivity index (χ1) is 7.27. The molecule has 2 atom stereocenters. The molecule has 1 rings (SSSR count). The highest BCUT2D eigenvalue weighted by atomic mass is 32.1. The van der Waals surface area contributed by atoms with E-state index in [9.17, 15) is 0 Å². The van der Waals surface area contributed by atoms with Gasteiger partial charge in [-0.05, 0) is 30.3 Å². The normalized spacial score (nSPS) is 15.1. The van der Waals surface area contributed by atoms with E-state index >= 15 is 0 Å². The minimum atomic E-state index is 0.486. The van der Waals surface area contributed by atoms with Crippen LogP contribution in [0.3, 0.4) is 0 Å². The zero-order chi connectivity index (χ0) is 11.1. The average Bonchev–Trinajstić information content (AvgIpc) is 2.70. The topological polar surface area (TPSA) is 21.3 Å². The summed E-state index contributed by atoms with van der Waals surface area (Å²) in [5.74, 6) is 0.598. The van der Waals surface area contributed by atoms with Crippen LogP contribution in [0, 0.1) is 5.92 Å². The Labute approximate surface area is 96.7 Å². The van der Waals surface area contributed by atoms with Gasteiger partial charge in [-0.15, -0.1) is 11.3 Å². The number of rotatable bonds is 7. The smallest absolute Gasteiger partial charge is 0.0488 e. The van der Waals surface area contributed by atoms with E-state index in [1.54, 1.807) is 7.11 Å². The molecular weight excluding hydrogens is 206 g/mol. The van der Waals surface area contributed by atoms with E-state index in [1.165, 1.54) is 4.88 Å². The number of thiophene rings is 1. The van der Waals surface area contributed by atoms with E-state index < -0.39 is 0 Å². The number of hydrogen-bond donors (Lipinski definition) is 1. The van der Waals surface area contributed by atoms with Gasteiger partial charge in [0.2, 0.25) is 0 Å². The monoisotopic (exact) mass is 227 g/mol. The van der Waals surface area contributed by atoms with Crippen LogP contribution in [0.4, 0.5) is 0 Å². The largest absolute Gasteiger partial charge is 0.384 e. The van der Waals surface area contributed by atoms with Gasteiger partial charge in [0, 0.05) is 24.6 Å². The zero-order valence-corrected chi connectivity index (χ0v) is 10.6. The van der Waals surface area contributed by atoms with E-state index in [-0.39, 0.29) is 0 Å². The van der Waals surface area contributed by atoms with Gasteiger partial charge in [0.1, 0.15) is 0 Å². The van der Waals surface area contributed by atoms with Gasteiger partial charge in [-0.25, -0.2) is 0 Å². The first-order valence-corrected chi connectivity index (χ1v) is 6.41. The van der Waals surface area contributed by atoms with Crippen molar-refractivity contribution in [2.24, 2.45) is 5.92 Å². The van der Waals surface area contributed by atoms with E-state index in [4.69, 9.17) is 4.74 Å². The molecule has 0 bridgehead atoms. The minimum absolute atomic E-state index is 0.486. The fourth-order valence-electron chi connectivity index (χ4n) is 1.79. The summed E-state index contributed by atoms with van der Waals surface area (Å²) in [6, 6.07) is 4.81. The lowest BCUT2D eigenvalue weighted by atomic mass is 10.0. The number of ether oxygens (including phenoxy) is 1. The van der Waals surface area contributed by atoms with Crippen molar-refractivity contribution >= 4 is 11.3 Å². The van der Waals surface area contributed by atoms with E-state index in [0.29, 0.717) is 12.0 Å². The van der Waals surface area contributed by atoms with Crippen molar-refractivity contribution in [2.75, 3.05) is 20.3 Å². The Bertz CT molecular complexity index is 248. The standard InChI is InChI=1S/C12H21NOS/c1-4-13-11(8-10(2)9-14-3)12-6-5-7-15-12/h5-7,10-11,13H,4,8-9H2,1-3H3. The van der Waals surface area contributed by atoms with Crippen molar-refractivity contribution < 1.29 is 4.74 Å². The summed E-state index contributed by atoms with van der Waals surface area (Å²) in [5.41, 5.74) is 0. The number of hydrogen-bond acceptors (Lipinski definition) is 3. The summed E-state index contributed by atoms with van der Waals surface area (Å²) in [4.78, 5) is 1.43. The van der Waals surface area contributed by atoms with Gasteiger partial charge in [-0.2, -0.15) is 0 Å². The van der Waals surface area contributed by atoms with Crippen LogP contribution in [0.2, 0.25) is 0 Å². The molecule has 0 spiro atoms. The van der Waals surface area contributed by atoms with Crippen LogP contribution in [0.25, 0.3) is 0 Å². The summed E-state index contributed by atoms with van der Waals surface area (Å²) in [6.45, 7) is 6.25. The highest BCUT2D eigenvalue weighted by molar-refractivity contribution is 7.10. The van der Waals surface area contributed by atoms with Crippen molar-refractivity contribution in [3.8, 4) is 0 Å². The molecule has 0 amide bonds. The van der Waals surface area contributed by atoms with Gasteiger partial charge in [-0.3, -0.25) is 0 Å². The molecule has 0 saturated carbocycles. The summed E-state index contributed by atoms with van der Waals surface area (Å²) < 4.78 is 5.18. The molecule has 2 unspecified atom stereocenters. The highest BCUT2D eigenvalue weighted by Crippen LogP contribution is 2.25. The van der Waals surface area contributed by atoms with Gasteiger partial charge in [0.25, 0.3) is 0 Å². The van der Waals surface area contributed by atoms with Crippen molar-refractivity contribution in [1.82, 2.24) is 5.32 Å². The molecule has 0 fully saturated rings. The van der Waals surface area contributed by atoms with E-state index in [1.807, 2.05) is 11.3 Å². The summed E-state index contributed by atoms with van der Waals surface area (Å²) in [5, 5.41) is 5.67. The second-order valence-corrected chi connectivity index (χ2v) is 4.90. The Morgan fingerprint density at radius 3 is 2.87 bits per heavy atom. The molecule has 0 radical (unpaired) electrons. The molecule has 0 aliphatic heterocycles. The fourth-order valence-corrected chi connectivity index (χ4v) is 2.61. The zero-order valence-electron chi connectivity index (χ0n) is 9.82. The Balaban J connectivity index is 2.51.